The Kier molecular flexibility index (Phi) is 6.28. The molecule has 0 atom stereocenters. The number of benzene rings is 2. The quantitative estimate of drug-likeness (QED) is 0.259. The van der Waals surface area contributed by atoms with Gasteiger partial charge in [-0.15, -0.1) is 0 Å². The lowest BCUT2D eigenvalue weighted by molar-refractivity contribution is 0.0520. The van der Waals surface area contributed by atoms with Crippen molar-refractivity contribution in [2.75, 3.05) is 32.6 Å². The van der Waals surface area contributed by atoms with Crippen LogP contribution in [0.25, 0.3) is 11.3 Å². The standard InChI is InChI=1S/C25H28F2N4O/c1-4-11-25(26,27)18-7-5-8-19(16-18)28-24-22-15-17-14-20(32-13-6-12-31(2)3)9-10-21(17)23(22)29-30-24/h4-5,7-11,14,16H,6,12-13,15H2,1-3H3,(H2,28,29,30)/b11-4+. The normalized spacial score (nSPS) is 12.9. The number of nitrogens with one attached hydrogen (secondary N) is 2. The van der Waals surface area contributed by atoms with Crippen molar-refractivity contribution in [1.29, 1.82) is 0 Å². The van der Waals surface area contributed by atoms with Crippen molar-refractivity contribution in [2.45, 2.75) is 25.7 Å². The van der Waals surface area contributed by atoms with E-state index in [0.717, 1.165) is 47.2 Å². The van der Waals surface area contributed by atoms with Crippen LogP contribution in [0.1, 0.15) is 30.0 Å². The summed E-state index contributed by atoms with van der Waals surface area (Å²) in [5, 5.41) is 10.7. The molecule has 0 aliphatic heterocycles. The molecule has 32 heavy (non-hydrogen) atoms. The lowest BCUT2D eigenvalue weighted by atomic mass is 10.1. The zero-order valence-corrected chi connectivity index (χ0v) is 18.6. The number of allylic oxidation sites excluding steroid dienone is 2. The first-order chi connectivity index (χ1) is 15.4. The zero-order chi connectivity index (χ0) is 22.7. The lowest BCUT2D eigenvalue weighted by Crippen LogP contribution is -2.15. The molecule has 1 heterocycles. The first kappa shape index (κ1) is 22.0. The molecule has 1 aromatic heterocycles. The van der Waals surface area contributed by atoms with Gasteiger partial charge >= 0.3 is 0 Å². The molecule has 4 rings (SSSR count). The van der Waals surface area contributed by atoms with E-state index in [1.807, 2.05) is 26.2 Å². The number of fused-ring (bicyclic) bond motifs is 3. The largest absolute Gasteiger partial charge is 0.494 e. The maximum atomic E-state index is 14.3. The first-order valence-corrected chi connectivity index (χ1v) is 10.7. The fraction of sp³-hybridized carbons (Fsp3) is 0.320. The van der Waals surface area contributed by atoms with Crippen molar-refractivity contribution in [3.8, 4) is 17.0 Å². The number of aromatic nitrogens is 2. The Balaban J connectivity index is 1.48. The second kappa shape index (κ2) is 9.12. The molecule has 0 fully saturated rings. The van der Waals surface area contributed by atoms with E-state index >= 15 is 0 Å². The number of ether oxygens (including phenoxy) is 1. The summed E-state index contributed by atoms with van der Waals surface area (Å²) in [7, 11) is 4.10. The van der Waals surface area contributed by atoms with Gasteiger partial charge in [0.2, 0.25) is 0 Å². The lowest BCUT2D eigenvalue weighted by Gasteiger charge is -2.14. The Bertz CT molecular complexity index is 1120. The highest BCUT2D eigenvalue weighted by molar-refractivity contribution is 5.80. The molecule has 2 aromatic carbocycles. The van der Waals surface area contributed by atoms with Crippen LogP contribution < -0.4 is 10.1 Å². The third-order valence-corrected chi connectivity index (χ3v) is 5.48. The smallest absolute Gasteiger partial charge is 0.291 e. The van der Waals surface area contributed by atoms with Crippen LogP contribution in [0.5, 0.6) is 5.75 Å². The van der Waals surface area contributed by atoms with Gasteiger partial charge in [0.05, 0.1) is 12.3 Å². The number of halogens is 2. The minimum atomic E-state index is -3.01. The summed E-state index contributed by atoms with van der Waals surface area (Å²) in [5.41, 5.74) is 4.74. The van der Waals surface area contributed by atoms with Crippen LogP contribution in [-0.4, -0.2) is 42.3 Å². The number of anilines is 2. The highest BCUT2D eigenvalue weighted by atomic mass is 19.3. The topological polar surface area (TPSA) is 53.2 Å². The molecule has 0 saturated heterocycles. The second-order valence-electron chi connectivity index (χ2n) is 8.26. The van der Waals surface area contributed by atoms with Gasteiger partial charge in [-0.05, 0) is 69.4 Å². The van der Waals surface area contributed by atoms with Gasteiger partial charge in [0.1, 0.15) is 5.75 Å². The maximum Gasteiger partial charge on any atom is 0.291 e. The molecule has 1 aliphatic rings. The van der Waals surface area contributed by atoms with Crippen LogP contribution >= 0.6 is 0 Å². The summed E-state index contributed by atoms with van der Waals surface area (Å²) in [6.07, 6.45) is 3.92. The van der Waals surface area contributed by atoms with Gasteiger partial charge in [0.15, 0.2) is 5.82 Å². The van der Waals surface area contributed by atoms with E-state index in [-0.39, 0.29) is 5.56 Å². The van der Waals surface area contributed by atoms with Crippen molar-refractivity contribution < 1.29 is 13.5 Å². The summed E-state index contributed by atoms with van der Waals surface area (Å²) in [5.74, 6) is -1.51. The van der Waals surface area contributed by atoms with Crippen molar-refractivity contribution in [2.24, 2.45) is 0 Å². The van der Waals surface area contributed by atoms with Crippen LogP contribution in [0.4, 0.5) is 20.3 Å². The first-order valence-electron chi connectivity index (χ1n) is 10.7. The molecule has 3 aromatic rings. The third kappa shape index (κ3) is 4.67. The van der Waals surface area contributed by atoms with Crippen LogP contribution in [0.3, 0.4) is 0 Å². The van der Waals surface area contributed by atoms with Crippen molar-refractivity contribution in [3.05, 3.63) is 71.3 Å². The minimum Gasteiger partial charge on any atom is -0.494 e. The average molecular weight is 439 g/mol. The summed E-state index contributed by atoms with van der Waals surface area (Å²) in [6.45, 7) is 3.24. The Morgan fingerprint density at radius 2 is 2.06 bits per heavy atom. The number of hydrogen-bond donors (Lipinski definition) is 2. The second-order valence-corrected chi connectivity index (χ2v) is 8.26. The van der Waals surface area contributed by atoms with E-state index in [1.54, 1.807) is 19.1 Å². The molecule has 7 heteroatoms. The van der Waals surface area contributed by atoms with Gasteiger partial charge in [-0.25, -0.2) is 0 Å². The Morgan fingerprint density at radius 1 is 1.22 bits per heavy atom. The number of H-pyrrole nitrogens is 1. The molecular weight excluding hydrogens is 410 g/mol. The van der Waals surface area contributed by atoms with Gasteiger partial charge in [0, 0.05) is 35.3 Å². The predicted octanol–water partition coefficient (Wildman–Crippen LogP) is 5.72. The molecule has 0 unspecified atom stereocenters. The van der Waals surface area contributed by atoms with Crippen LogP contribution in [0.15, 0.2) is 54.6 Å². The molecule has 0 saturated carbocycles. The SMILES string of the molecule is C/C=C/C(F)(F)c1cccc(Nc2n[nH]c3c2Cc2cc(OCCCN(C)C)ccc2-3)c1. The summed E-state index contributed by atoms with van der Waals surface area (Å²) < 4.78 is 34.4. The molecule has 168 valence electrons. The monoisotopic (exact) mass is 438 g/mol. The van der Waals surface area contributed by atoms with Crippen LogP contribution in [0, 0.1) is 0 Å². The van der Waals surface area contributed by atoms with E-state index in [1.165, 1.54) is 18.2 Å². The molecule has 0 spiro atoms. The molecule has 5 nitrogen and oxygen atoms in total. The number of nitrogens with zero attached hydrogens (tertiary/aromatic N) is 2. The zero-order valence-electron chi connectivity index (χ0n) is 18.6. The van der Waals surface area contributed by atoms with Gasteiger partial charge in [-0.1, -0.05) is 18.2 Å². The molecule has 2 N–H and O–H groups in total. The average Bonchev–Trinajstić information content (AvgIpc) is 3.30. The Labute approximate surface area is 187 Å². The van der Waals surface area contributed by atoms with Crippen molar-refractivity contribution in [1.82, 2.24) is 15.1 Å². The van der Waals surface area contributed by atoms with Crippen LogP contribution in [0.2, 0.25) is 0 Å². The van der Waals surface area contributed by atoms with E-state index < -0.39 is 5.92 Å². The Hall–Kier alpha value is -3.19. The van der Waals surface area contributed by atoms with Gasteiger partial charge in [-0.3, -0.25) is 5.10 Å². The summed E-state index contributed by atoms with van der Waals surface area (Å²) in [6, 6.07) is 12.4. The molecule has 1 aliphatic carbocycles. The van der Waals surface area contributed by atoms with E-state index in [2.05, 4.69) is 26.5 Å². The molecule has 0 radical (unpaired) electrons. The number of alkyl halides is 2. The van der Waals surface area contributed by atoms with E-state index in [0.29, 0.717) is 24.5 Å². The van der Waals surface area contributed by atoms with Gasteiger partial charge in [-0.2, -0.15) is 13.9 Å². The highest BCUT2D eigenvalue weighted by Crippen LogP contribution is 2.41. The fourth-order valence-electron chi connectivity index (χ4n) is 3.92. The number of hydrogen-bond acceptors (Lipinski definition) is 4. The van der Waals surface area contributed by atoms with Crippen molar-refractivity contribution >= 4 is 11.5 Å². The maximum absolute atomic E-state index is 14.3. The minimum absolute atomic E-state index is 0.0628. The number of rotatable bonds is 9. The van der Waals surface area contributed by atoms with Crippen molar-refractivity contribution in [3.63, 3.8) is 0 Å². The highest BCUT2D eigenvalue weighted by Gasteiger charge is 2.28. The fourth-order valence-corrected chi connectivity index (χ4v) is 3.92. The molecule has 0 bridgehead atoms. The van der Waals surface area contributed by atoms with Gasteiger partial charge in [0.25, 0.3) is 5.92 Å². The van der Waals surface area contributed by atoms with E-state index in [4.69, 9.17) is 4.74 Å². The van der Waals surface area contributed by atoms with E-state index in [9.17, 15) is 8.78 Å². The van der Waals surface area contributed by atoms with Gasteiger partial charge < -0.3 is 15.0 Å². The van der Waals surface area contributed by atoms with Crippen LogP contribution in [-0.2, 0) is 12.3 Å². The Morgan fingerprint density at radius 3 is 2.84 bits per heavy atom. The molecular formula is C25H28F2N4O. The summed E-state index contributed by atoms with van der Waals surface area (Å²) in [4.78, 5) is 2.14. The summed E-state index contributed by atoms with van der Waals surface area (Å²) >= 11 is 0. The third-order valence-electron chi connectivity index (χ3n) is 5.48. The predicted molar refractivity (Wildman–Crippen MR) is 124 cm³/mol. The number of aromatic amines is 1. The molecule has 0 amide bonds.